The molecule has 1 aliphatic rings. The van der Waals surface area contributed by atoms with Gasteiger partial charge in [-0.05, 0) is 42.3 Å². The van der Waals surface area contributed by atoms with Crippen molar-refractivity contribution in [2.45, 2.75) is 20.4 Å². The van der Waals surface area contributed by atoms with Crippen LogP contribution in [0.2, 0.25) is 0 Å². The lowest BCUT2D eigenvalue weighted by molar-refractivity contribution is 0.552. The van der Waals surface area contributed by atoms with Gasteiger partial charge in [0.25, 0.3) is 0 Å². The Morgan fingerprint density at radius 3 is 2.60 bits per heavy atom. The molecule has 1 aromatic heterocycles. The number of pyridine rings is 1. The van der Waals surface area contributed by atoms with Gasteiger partial charge in [-0.1, -0.05) is 50.2 Å². The molecule has 6 nitrogen and oxygen atoms in total. The number of benzene rings is 2. The number of nitrogens with one attached hydrogen (secondary N) is 4. The highest BCUT2D eigenvalue weighted by atomic mass is 15.2. The first-order chi connectivity index (χ1) is 14.5. The van der Waals surface area contributed by atoms with Gasteiger partial charge in [-0.2, -0.15) is 0 Å². The third-order valence-electron chi connectivity index (χ3n) is 5.02. The zero-order chi connectivity index (χ0) is 21.1. The molecule has 0 spiro atoms. The third-order valence-corrected chi connectivity index (χ3v) is 5.02. The Balaban J connectivity index is 1.65. The Morgan fingerprint density at radius 2 is 1.83 bits per heavy atom. The molecule has 30 heavy (non-hydrogen) atoms. The molecule has 152 valence electrons. The molecule has 0 bridgehead atoms. The molecule has 0 atom stereocenters. The van der Waals surface area contributed by atoms with E-state index in [4.69, 9.17) is 10.8 Å². The second-order valence-electron chi connectivity index (χ2n) is 7.80. The maximum Gasteiger partial charge on any atom is 0.154 e. The van der Waals surface area contributed by atoms with Crippen molar-refractivity contribution in [3.63, 3.8) is 0 Å². The number of fused-ring (bicyclic) bond motifs is 2. The van der Waals surface area contributed by atoms with Crippen LogP contribution in [-0.4, -0.2) is 23.2 Å². The zero-order valence-electron chi connectivity index (χ0n) is 17.2. The van der Waals surface area contributed by atoms with E-state index in [-0.39, 0.29) is 11.7 Å². The van der Waals surface area contributed by atoms with E-state index in [1.54, 1.807) is 11.1 Å². The Morgan fingerprint density at radius 1 is 1.07 bits per heavy atom. The van der Waals surface area contributed by atoms with Gasteiger partial charge in [0.1, 0.15) is 11.7 Å². The first-order valence-corrected chi connectivity index (χ1v) is 10.1. The lowest BCUT2D eigenvalue weighted by atomic mass is 10.1. The number of rotatable bonds is 5. The van der Waals surface area contributed by atoms with Gasteiger partial charge in [-0.3, -0.25) is 15.7 Å². The lowest BCUT2D eigenvalue weighted by Crippen LogP contribution is -2.36. The van der Waals surface area contributed by atoms with E-state index in [1.165, 1.54) is 5.56 Å². The summed E-state index contributed by atoms with van der Waals surface area (Å²) in [6.45, 7) is 6.15. The maximum atomic E-state index is 8.90. The smallest absolute Gasteiger partial charge is 0.154 e. The molecular weight excluding hydrogens is 372 g/mol. The van der Waals surface area contributed by atoms with E-state index in [2.05, 4.69) is 29.5 Å². The van der Waals surface area contributed by atoms with E-state index in [9.17, 15) is 0 Å². The summed E-state index contributed by atoms with van der Waals surface area (Å²) in [5.41, 5.74) is 4.15. The number of hydrogen-bond donors (Lipinski definition) is 4. The van der Waals surface area contributed by atoms with Gasteiger partial charge in [0, 0.05) is 23.9 Å². The Hall–Kier alpha value is -3.51. The standard InChI is InChI=1S/C24H26N6/c1-16(2)14-27-15-17-9-11-18(12-10-17)22(25)30-21-8-5-13-28-24(21)29-20-7-4-3-6-19(20)23(30)26/h3-13,16,25-27H,14-15H2,1-2H3,(H,28,29). The van der Waals surface area contributed by atoms with Crippen LogP contribution in [0.3, 0.4) is 0 Å². The minimum Gasteiger partial charge on any atom is -0.338 e. The van der Waals surface area contributed by atoms with Gasteiger partial charge in [-0.15, -0.1) is 0 Å². The van der Waals surface area contributed by atoms with E-state index >= 15 is 0 Å². The van der Waals surface area contributed by atoms with Crippen LogP contribution < -0.4 is 15.5 Å². The summed E-state index contributed by atoms with van der Waals surface area (Å²) in [5.74, 6) is 1.73. The molecular formula is C24H26N6. The fraction of sp³-hybridized carbons (Fsp3) is 0.208. The average molecular weight is 399 g/mol. The van der Waals surface area contributed by atoms with Crippen molar-refractivity contribution in [3.05, 3.63) is 83.6 Å². The number of anilines is 3. The van der Waals surface area contributed by atoms with E-state index in [0.29, 0.717) is 17.4 Å². The highest BCUT2D eigenvalue weighted by Gasteiger charge is 2.28. The minimum absolute atomic E-state index is 0.245. The van der Waals surface area contributed by atoms with E-state index in [1.807, 2.05) is 60.7 Å². The highest BCUT2D eigenvalue weighted by molar-refractivity contribution is 6.30. The molecule has 1 aliphatic heterocycles. The van der Waals surface area contributed by atoms with Crippen molar-refractivity contribution in [2.75, 3.05) is 16.8 Å². The molecule has 0 saturated heterocycles. The summed E-state index contributed by atoms with van der Waals surface area (Å²) in [4.78, 5) is 6.09. The molecule has 0 unspecified atom stereocenters. The molecule has 3 aromatic rings. The van der Waals surface area contributed by atoms with Crippen molar-refractivity contribution < 1.29 is 0 Å². The molecule has 0 radical (unpaired) electrons. The van der Waals surface area contributed by atoms with Gasteiger partial charge in [-0.25, -0.2) is 4.98 Å². The molecule has 6 heteroatoms. The monoisotopic (exact) mass is 398 g/mol. The largest absolute Gasteiger partial charge is 0.338 e. The molecule has 4 N–H and O–H groups in total. The van der Waals surface area contributed by atoms with Crippen LogP contribution in [0.4, 0.5) is 17.2 Å². The number of amidine groups is 2. The number of aromatic nitrogens is 1. The summed E-state index contributed by atoms with van der Waals surface area (Å²) < 4.78 is 0. The van der Waals surface area contributed by atoms with Crippen molar-refractivity contribution in [3.8, 4) is 0 Å². The van der Waals surface area contributed by atoms with E-state index < -0.39 is 0 Å². The van der Waals surface area contributed by atoms with Crippen molar-refractivity contribution in [2.24, 2.45) is 5.92 Å². The SMILES string of the molecule is CC(C)CNCc1ccc(C(=N)N2C(=N)c3ccccc3Nc3ncccc32)cc1. The Bertz CT molecular complexity index is 1070. The van der Waals surface area contributed by atoms with Crippen LogP contribution in [0.15, 0.2) is 66.9 Å². The number of para-hydroxylation sites is 1. The molecule has 0 fully saturated rings. The second kappa shape index (κ2) is 8.47. The predicted octanol–water partition coefficient (Wildman–Crippen LogP) is 4.74. The van der Waals surface area contributed by atoms with Crippen LogP contribution in [0.25, 0.3) is 0 Å². The molecule has 0 amide bonds. The zero-order valence-corrected chi connectivity index (χ0v) is 17.2. The van der Waals surface area contributed by atoms with Crippen molar-refractivity contribution in [1.82, 2.24) is 10.3 Å². The minimum atomic E-state index is 0.245. The maximum absolute atomic E-state index is 8.90. The average Bonchev–Trinajstić information content (AvgIpc) is 2.87. The summed E-state index contributed by atoms with van der Waals surface area (Å²) in [5, 5.41) is 24.5. The van der Waals surface area contributed by atoms with Gasteiger partial charge < -0.3 is 10.6 Å². The molecule has 0 saturated carbocycles. The van der Waals surface area contributed by atoms with Crippen LogP contribution in [0, 0.1) is 16.7 Å². The van der Waals surface area contributed by atoms with Crippen LogP contribution in [0.5, 0.6) is 0 Å². The van der Waals surface area contributed by atoms with Crippen molar-refractivity contribution in [1.29, 1.82) is 10.8 Å². The highest BCUT2D eigenvalue weighted by Crippen LogP contribution is 2.34. The number of nitrogens with zero attached hydrogens (tertiary/aromatic N) is 2. The normalized spacial score (nSPS) is 12.8. The van der Waals surface area contributed by atoms with Gasteiger partial charge in [0.15, 0.2) is 5.82 Å². The fourth-order valence-electron chi connectivity index (χ4n) is 3.49. The second-order valence-corrected chi connectivity index (χ2v) is 7.80. The topological polar surface area (TPSA) is 87.9 Å². The predicted molar refractivity (Wildman–Crippen MR) is 123 cm³/mol. The number of hydrogen-bond acceptors (Lipinski definition) is 5. The summed E-state index contributed by atoms with van der Waals surface area (Å²) in [7, 11) is 0. The van der Waals surface area contributed by atoms with Crippen LogP contribution >= 0.6 is 0 Å². The summed E-state index contributed by atoms with van der Waals surface area (Å²) in [6, 6.07) is 19.3. The Kier molecular flexibility index (Phi) is 5.59. The fourth-order valence-corrected chi connectivity index (χ4v) is 3.49. The van der Waals surface area contributed by atoms with Crippen LogP contribution in [0.1, 0.15) is 30.5 Å². The Labute approximate surface area is 177 Å². The van der Waals surface area contributed by atoms with Gasteiger partial charge in [0.05, 0.1) is 11.4 Å². The van der Waals surface area contributed by atoms with Gasteiger partial charge >= 0.3 is 0 Å². The first kappa shape index (κ1) is 19.8. The van der Waals surface area contributed by atoms with Crippen molar-refractivity contribution >= 4 is 28.9 Å². The first-order valence-electron chi connectivity index (χ1n) is 10.1. The molecule has 2 aromatic carbocycles. The third kappa shape index (κ3) is 3.95. The quantitative estimate of drug-likeness (QED) is 0.369. The van der Waals surface area contributed by atoms with Gasteiger partial charge in [0.2, 0.25) is 0 Å². The summed E-state index contributed by atoms with van der Waals surface area (Å²) in [6.07, 6.45) is 1.71. The van der Waals surface area contributed by atoms with E-state index in [0.717, 1.165) is 29.9 Å². The summed E-state index contributed by atoms with van der Waals surface area (Å²) >= 11 is 0. The molecule has 0 aliphatic carbocycles. The molecule has 4 rings (SSSR count). The van der Waals surface area contributed by atoms with Crippen LogP contribution in [-0.2, 0) is 6.54 Å². The lowest BCUT2D eigenvalue weighted by Gasteiger charge is -2.25. The molecule has 2 heterocycles.